The van der Waals surface area contributed by atoms with Gasteiger partial charge in [-0.05, 0) is 25.0 Å². The van der Waals surface area contributed by atoms with Crippen molar-refractivity contribution in [3.8, 4) is 11.8 Å². The van der Waals surface area contributed by atoms with Gasteiger partial charge in [-0.15, -0.1) is 0 Å². The van der Waals surface area contributed by atoms with Crippen molar-refractivity contribution in [3.05, 3.63) is 47.4 Å². The number of rotatable bonds is 5. The van der Waals surface area contributed by atoms with E-state index in [0.717, 1.165) is 17.7 Å². The number of hydrogen-bond acceptors (Lipinski definition) is 5. The van der Waals surface area contributed by atoms with Crippen molar-refractivity contribution in [1.29, 1.82) is 5.26 Å². The van der Waals surface area contributed by atoms with E-state index >= 15 is 0 Å². The monoisotopic (exact) mass is 268 g/mol. The van der Waals surface area contributed by atoms with Gasteiger partial charge in [0.2, 0.25) is 0 Å². The Morgan fingerprint density at radius 2 is 2.15 bits per heavy atom. The third-order valence-electron chi connectivity index (χ3n) is 2.92. The summed E-state index contributed by atoms with van der Waals surface area (Å²) in [5, 5.41) is 12.0. The molecule has 0 aliphatic heterocycles. The molecule has 1 aromatic heterocycles. The van der Waals surface area contributed by atoms with E-state index in [1.165, 1.54) is 11.9 Å². The van der Waals surface area contributed by atoms with Crippen LogP contribution < -0.4 is 10.1 Å². The fraction of sp³-hybridized carbons (Fsp3) is 0.267. The van der Waals surface area contributed by atoms with Crippen molar-refractivity contribution in [2.75, 3.05) is 19.0 Å². The van der Waals surface area contributed by atoms with E-state index < -0.39 is 0 Å². The molecule has 0 radical (unpaired) electrons. The molecule has 1 aromatic carbocycles. The minimum absolute atomic E-state index is 0.357. The van der Waals surface area contributed by atoms with Crippen LogP contribution in [0.4, 0.5) is 5.82 Å². The van der Waals surface area contributed by atoms with E-state index in [1.54, 1.807) is 13.2 Å². The van der Waals surface area contributed by atoms with Gasteiger partial charge in [0.1, 0.15) is 29.7 Å². The number of aromatic nitrogens is 2. The highest BCUT2D eigenvalue weighted by atomic mass is 16.5. The number of benzene rings is 1. The Kier molecular flexibility index (Phi) is 4.51. The fourth-order valence-corrected chi connectivity index (χ4v) is 1.94. The predicted octanol–water partition coefficient (Wildman–Crippen LogP) is 2.32. The molecule has 0 saturated heterocycles. The molecule has 0 amide bonds. The maximum atomic E-state index is 8.78. The highest BCUT2D eigenvalue weighted by molar-refractivity contribution is 5.40. The van der Waals surface area contributed by atoms with Gasteiger partial charge in [0.15, 0.2) is 0 Å². The Morgan fingerprint density at radius 1 is 1.30 bits per heavy atom. The summed E-state index contributed by atoms with van der Waals surface area (Å²) >= 11 is 0. The van der Waals surface area contributed by atoms with Gasteiger partial charge in [0.05, 0.1) is 7.11 Å². The lowest BCUT2D eigenvalue weighted by Crippen LogP contribution is -2.07. The molecule has 0 saturated carbocycles. The third-order valence-corrected chi connectivity index (χ3v) is 2.92. The van der Waals surface area contributed by atoms with Crippen LogP contribution >= 0.6 is 0 Å². The first-order valence-corrected chi connectivity index (χ1v) is 6.32. The average Bonchev–Trinajstić information content (AvgIpc) is 2.48. The second kappa shape index (κ2) is 6.53. The summed E-state index contributed by atoms with van der Waals surface area (Å²) in [5.41, 5.74) is 2.71. The number of nitrogens with one attached hydrogen (secondary N) is 1. The summed E-state index contributed by atoms with van der Waals surface area (Å²) in [5.74, 6) is 1.54. The summed E-state index contributed by atoms with van der Waals surface area (Å²) in [6.45, 7) is 2.77. The highest BCUT2D eigenvalue weighted by Gasteiger charge is 2.03. The van der Waals surface area contributed by atoms with E-state index in [4.69, 9.17) is 10.00 Å². The summed E-state index contributed by atoms with van der Waals surface area (Å²) in [7, 11) is 1.67. The molecular formula is C15H16N4O. The predicted molar refractivity (Wildman–Crippen MR) is 76.7 cm³/mol. The van der Waals surface area contributed by atoms with Crippen LogP contribution in [-0.4, -0.2) is 23.6 Å². The van der Waals surface area contributed by atoms with Gasteiger partial charge in [-0.25, -0.2) is 9.97 Å². The van der Waals surface area contributed by atoms with Crippen LogP contribution in [-0.2, 0) is 6.42 Å². The van der Waals surface area contributed by atoms with Crippen LogP contribution in [0.15, 0.2) is 30.6 Å². The normalized spacial score (nSPS) is 9.85. The highest BCUT2D eigenvalue weighted by Crippen LogP contribution is 2.20. The number of nitrogens with zero attached hydrogens (tertiary/aromatic N) is 3. The molecule has 0 fully saturated rings. The molecule has 102 valence electrons. The van der Waals surface area contributed by atoms with Crippen molar-refractivity contribution < 1.29 is 4.74 Å². The molecule has 2 rings (SSSR count). The SMILES string of the molecule is COc1ccc(C)cc1CCNc1cc(C#N)ncn1. The first-order chi connectivity index (χ1) is 9.72. The lowest BCUT2D eigenvalue weighted by Gasteiger charge is -2.10. The number of ether oxygens (including phenoxy) is 1. The molecule has 2 aromatic rings. The zero-order valence-corrected chi connectivity index (χ0v) is 11.6. The lowest BCUT2D eigenvalue weighted by atomic mass is 10.1. The topological polar surface area (TPSA) is 70.8 Å². The van der Waals surface area contributed by atoms with Crippen LogP contribution in [0.2, 0.25) is 0 Å². The summed E-state index contributed by atoms with van der Waals surface area (Å²) in [6, 6.07) is 9.74. The van der Waals surface area contributed by atoms with Crippen LogP contribution in [0.1, 0.15) is 16.8 Å². The van der Waals surface area contributed by atoms with E-state index in [0.29, 0.717) is 18.1 Å². The lowest BCUT2D eigenvalue weighted by molar-refractivity contribution is 0.410. The zero-order valence-electron chi connectivity index (χ0n) is 11.6. The Morgan fingerprint density at radius 3 is 2.90 bits per heavy atom. The number of methoxy groups -OCH3 is 1. The number of nitriles is 1. The Hall–Kier alpha value is -2.61. The number of anilines is 1. The second-order valence-electron chi connectivity index (χ2n) is 4.39. The first kappa shape index (κ1) is 13.8. The maximum Gasteiger partial charge on any atom is 0.145 e. The minimum atomic E-state index is 0.357. The molecule has 20 heavy (non-hydrogen) atoms. The number of aryl methyl sites for hydroxylation is 1. The van der Waals surface area contributed by atoms with Crippen molar-refractivity contribution in [3.63, 3.8) is 0 Å². The quantitative estimate of drug-likeness (QED) is 0.901. The summed E-state index contributed by atoms with van der Waals surface area (Å²) in [6.07, 6.45) is 2.20. The standard InChI is InChI=1S/C15H16N4O/c1-11-3-4-14(20-2)12(7-11)5-6-17-15-8-13(9-16)18-10-19-15/h3-4,7-8,10H,5-6H2,1-2H3,(H,17,18,19). The molecule has 1 N–H and O–H groups in total. The van der Waals surface area contributed by atoms with Crippen molar-refractivity contribution in [2.45, 2.75) is 13.3 Å². The van der Waals surface area contributed by atoms with E-state index in [-0.39, 0.29) is 0 Å². The van der Waals surface area contributed by atoms with Gasteiger partial charge >= 0.3 is 0 Å². The Bertz CT molecular complexity index is 634. The molecule has 0 aliphatic carbocycles. The molecular weight excluding hydrogens is 252 g/mol. The van der Waals surface area contributed by atoms with Crippen molar-refractivity contribution in [1.82, 2.24) is 9.97 Å². The maximum absolute atomic E-state index is 8.78. The molecule has 0 atom stereocenters. The van der Waals surface area contributed by atoms with Crippen LogP contribution in [0.3, 0.4) is 0 Å². The molecule has 5 nitrogen and oxygen atoms in total. The van der Waals surface area contributed by atoms with E-state index in [1.807, 2.05) is 18.2 Å². The third kappa shape index (κ3) is 3.45. The molecule has 0 aliphatic rings. The molecule has 0 bridgehead atoms. The van der Waals surface area contributed by atoms with Crippen molar-refractivity contribution >= 4 is 5.82 Å². The van der Waals surface area contributed by atoms with Gasteiger partial charge < -0.3 is 10.1 Å². The second-order valence-corrected chi connectivity index (χ2v) is 4.39. The average molecular weight is 268 g/mol. The largest absolute Gasteiger partial charge is 0.496 e. The molecule has 0 spiro atoms. The van der Waals surface area contributed by atoms with E-state index in [9.17, 15) is 0 Å². The fourth-order valence-electron chi connectivity index (χ4n) is 1.94. The minimum Gasteiger partial charge on any atom is -0.496 e. The molecule has 5 heteroatoms. The van der Waals surface area contributed by atoms with Gasteiger partial charge in [-0.2, -0.15) is 5.26 Å². The van der Waals surface area contributed by atoms with Crippen LogP contribution in [0.5, 0.6) is 5.75 Å². The summed E-state index contributed by atoms with van der Waals surface area (Å²) in [4.78, 5) is 7.90. The van der Waals surface area contributed by atoms with Gasteiger partial charge in [-0.3, -0.25) is 0 Å². The first-order valence-electron chi connectivity index (χ1n) is 6.32. The van der Waals surface area contributed by atoms with Crippen LogP contribution in [0.25, 0.3) is 0 Å². The summed E-state index contributed by atoms with van der Waals surface area (Å²) < 4.78 is 5.34. The Balaban J connectivity index is 1.99. The van der Waals surface area contributed by atoms with Crippen molar-refractivity contribution in [2.24, 2.45) is 0 Å². The van der Waals surface area contributed by atoms with Gasteiger partial charge in [-0.1, -0.05) is 17.7 Å². The van der Waals surface area contributed by atoms with Gasteiger partial charge in [0.25, 0.3) is 0 Å². The molecule has 0 unspecified atom stereocenters. The van der Waals surface area contributed by atoms with E-state index in [2.05, 4.69) is 28.3 Å². The number of hydrogen-bond donors (Lipinski definition) is 1. The van der Waals surface area contributed by atoms with Crippen LogP contribution in [0, 0.1) is 18.3 Å². The Labute approximate surface area is 118 Å². The zero-order chi connectivity index (χ0) is 14.4. The van der Waals surface area contributed by atoms with Gasteiger partial charge in [0, 0.05) is 12.6 Å². The molecule has 1 heterocycles. The smallest absolute Gasteiger partial charge is 0.145 e.